The third-order valence-corrected chi connectivity index (χ3v) is 75.2. The maximum absolute atomic E-state index is 15.4. The molecule has 2 saturated heterocycles. The van der Waals surface area contributed by atoms with E-state index in [4.69, 9.17) is 75.8 Å². The molecule has 0 saturated carbocycles. The lowest BCUT2D eigenvalue weighted by Gasteiger charge is -2.52. The van der Waals surface area contributed by atoms with Crippen LogP contribution >= 0.6 is 0 Å². The molecule has 0 radical (unpaired) electrons. The molecular formula is C103H203NO15Si9. The molecule has 3 aliphatic heterocycles. The fourth-order valence-electron chi connectivity index (χ4n) is 21.1. The zero-order valence-electron chi connectivity index (χ0n) is 88.7. The minimum absolute atomic E-state index is 0.0400. The molecule has 746 valence electrons. The van der Waals surface area contributed by atoms with E-state index in [9.17, 15) is 0 Å². The maximum Gasteiger partial charge on any atom is 0.308 e. The molecule has 0 aromatic rings. The van der Waals surface area contributed by atoms with Crippen LogP contribution in [0, 0.1) is 17.8 Å². The molecule has 0 aromatic carbocycles. The third-order valence-electron chi connectivity index (χ3n) is 33.2. The van der Waals surface area contributed by atoms with E-state index in [1.165, 1.54) is 0 Å². The summed E-state index contributed by atoms with van der Waals surface area (Å²) >= 11 is 0. The molecule has 2 bridgehead atoms. The standard InChI is InChI=1S/C103H203NO15Si9/c1-34-92-94-79-88(109-102-101(119-128(59-26,60-27)61-28)98(104)100(87(32)108-102)118-127(56-23,57-24)58-25)75-73-71-69-67-65-63-62-64-66-68-70-72-74-84(29)99(117-126(53-20,54-21)55-22)85(30)86(31)107-97(105)81-90(112-121(38-5,39-6)40-7)78-89(111-120(35-2,36-3)37-4)76-77-93(114-123(44-11,45-12)46-13)95(115-124(47-14,48-15)49-16)80-91(113-122(41-8,42-9)43-10)82-103(106-33,110-94)83-96(92)116-125(50-17,51-18)52-19/h34,62-75,84-96,98-102H,1,35-61,76-83,104H2,2-33H3/b63-62+,66-64+,67-65+,70-68+,71-69+,74-72+,75-73+/t84-,85-,86-,87+,88-,89+,90+,91-,92-,93+,94-,95+,96-,98-,99+,100+,101-,102-,103+/m0/s1. The van der Waals surface area contributed by atoms with Crippen LogP contribution in [0.2, 0.25) is 163 Å². The first-order chi connectivity index (χ1) is 61.1. The monoisotopic (exact) mass is 1950 g/mol. The number of hydrogen-bond acceptors (Lipinski definition) is 16. The van der Waals surface area contributed by atoms with Crippen molar-refractivity contribution in [3.8, 4) is 0 Å². The highest BCUT2D eigenvalue weighted by Crippen LogP contribution is 2.48. The average Bonchev–Trinajstić information content (AvgIpc) is 0.766. The Hall–Kier alpha value is -1.22. The van der Waals surface area contributed by atoms with Gasteiger partial charge in [-0.15, -0.1) is 6.58 Å². The number of cyclic esters (lactones) is 1. The smallest absolute Gasteiger partial charge is 0.308 e. The van der Waals surface area contributed by atoms with Crippen LogP contribution in [0.3, 0.4) is 0 Å². The van der Waals surface area contributed by atoms with Crippen LogP contribution in [0.25, 0.3) is 0 Å². The van der Waals surface area contributed by atoms with Gasteiger partial charge < -0.3 is 69.3 Å². The van der Waals surface area contributed by atoms with Gasteiger partial charge in [0, 0.05) is 44.3 Å². The van der Waals surface area contributed by atoms with Crippen molar-refractivity contribution in [2.75, 3.05) is 7.11 Å². The SMILES string of the molecule is C=C[C@H]1[C@@H]2C[C@@H](O[C@@H]3O[C@H](C)[C@@H](O[Si](CC)(CC)CC)[C@H](N)[C@@H]3O[Si](CC)(CC)CC)/C=C/C=C/C=C/C=C/C=C/C=C/C=C/[C@H](C)[C@@H](O[Si](CC)(CC)CC)[C@@H](C)[C@H](C)OC(=O)C[C@H](O[Si](CC)(CC)CC)C[C@H](O[Si](CC)(CC)CC)CC[C@@H](O[Si](CC)(CC)CC)[C@H](O[Si](CC)(CC)CC)C[C@H](O[Si](CC)(CC)CC)C[C@](OC)(C[C@@H]1O[Si](CC)(CC)CC)O2. The highest BCUT2D eigenvalue weighted by molar-refractivity contribution is 6.77. The summed E-state index contributed by atoms with van der Waals surface area (Å²) in [5, 5.41) is 0. The fourth-order valence-corrected chi connectivity index (χ4v) is 47.3. The number of carbonyl (C=O) groups excluding carboxylic acids is 1. The van der Waals surface area contributed by atoms with Gasteiger partial charge in [-0.05, 0) is 209 Å². The van der Waals surface area contributed by atoms with Crippen LogP contribution in [0.4, 0.5) is 0 Å². The summed E-state index contributed by atoms with van der Waals surface area (Å²) in [6, 6.07) is 25.8. The van der Waals surface area contributed by atoms with E-state index in [2.05, 4.69) is 306 Å². The zero-order chi connectivity index (χ0) is 96.2. The van der Waals surface area contributed by atoms with Gasteiger partial charge in [0.15, 0.2) is 86.9 Å². The van der Waals surface area contributed by atoms with E-state index in [0.29, 0.717) is 44.9 Å². The maximum atomic E-state index is 15.4. The number of hydrogen-bond donors (Lipinski definition) is 1. The normalized spacial score (nSPS) is 30.3. The van der Waals surface area contributed by atoms with Gasteiger partial charge in [0.25, 0.3) is 0 Å². The Balaban J connectivity index is 2.81. The quantitative estimate of drug-likeness (QED) is 0.0346. The molecule has 128 heavy (non-hydrogen) atoms. The Morgan fingerprint density at radius 3 is 1.10 bits per heavy atom. The van der Waals surface area contributed by atoms with E-state index in [1.54, 1.807) is 0 Å². The van der Waals surface area contributed by atoms with Crippen molar-refractivity contribution in [1.29, 1.82) is 0 Å². The predicted molar refractivity (Wildman–Crippen MR) is 569 cm³/mol. The molecule has 0 spiro atoms. The Kier molecular flexibility index (Phi) is 57.3. The Labute approximate surface area is 798 Å². The average molecular weight is 1950 g/mol. The lowest BCUT2D eigenvalue weighted by Crippen LogP contribution is -2.67. The van der Waals surface area contributed by atoms with Crippen LogP contribution < -0.4 is 5.73 Å². The van der Waals surface area contributed by atoms with Crippen molar-refractivity contribution in [3.05, 3.63) is 97.7 Å². The largest absolute Gasteiger partial charge is 0.462 e. The van der Waals surface area contributed by atoms with Gasteiger partial charge >= 0.3 is 5.97 Å². The van der Waals surface area contributed by atoms with Gasteiger partial charge in [-0.2, -0.15) is 0 Å². The first kappa shape index (κ1) is 121. The summed E-state index contributed by atoms with van der Waals surface area (Å²) in [6.07, 6.45) is 29.5. The number of carbonyl (C=O) groups is 1. The molecule has 2 fully saturated rings. The number of nitrogens with two attached hydrogens (primary N) is 1. The highest BCUT2D eigenvalue weighted by atomic mass is 28.4. The highest BCUT2D eigenvalue weighted by Gasteiger charge is 2.56. The number of fused-ring (bicyclic) bond motifs is 2. The molecule has 19 atom stereocenters. The van der Waals surface area contributed by atoms with Crippen LogP contribution in [0.15, 0.2) is 97.7 Å². The minimum atomic E-state index is -2.50. The fraction of sp³-hybridized carbons (Fsp3) is 0.835. The first-order valence-corrected chi connectivity index (χ1v) is 75.8. The molecule has 0 aliphatic carbocycles. The molecule has 3 heterocycles. The molecule has 25 heteroatoms. The zero-order valence-corrected chi connectivity index (χ0v) is 97.7. The number of methoxy groups -OCH3 is 1. The summed E-state index contributed by atoms with van der Waals surface area (Å²) in [6.45, 7) is 76.3. The first-order valence-electron chi connectivity index (χ1n) is 53.0. The number of ether oxygens (including phenoxy) is 5. The van der Waals surface area contributed by atoms with Crippen LogP contribution in [-0.4, -0.2) is 185 Å². The second-order valence-corrected chi connectivity index (χ2v) is 81.2. The van der Waals surface area contributed by atoms with E-state index in [1.807, 2.05) is 7.11 Å². The summed E-state index contributed by atoms with van der Waals surface area (Å²) in [7, 11) is -19.4. The topological polar surface area (TPSA) is 172 Å². The number of esters is 1. The van der Waals surface area contributed by atoms with Gasteiger partial charge in [-0.1, -0.05) is 292 Å². The summed E-state index contributed by atoms with van der Waals surface area (Å²) in [5.74, 6) is -1.76. The van der Waals surface area contributed by atoms with Crippen molar-refractivity contribution < 1.29 is 68.3 Å². The number of rotatable bonds is 49. The Morgan fingerprint density at radius 1 is 0.375 bits per heavy atom. The van der Waals surface area contributed by atoms with Gasteiger partial charge in [0.05, 0.1) is 73.5 Å². The van der Waals surface area contributed by atoms with E-state index >= 15 is 4.79 Å². The molecular weight excluding hydrogens is 1740 g/mol. The predicted octanol–water partition coefficient (Wildman–Crippen LogP) is 29.7. The molecule has 2 N–H and O–H groups in total. The molecule has 0 aromatic heterocycles. The van der Waals surface area contributed by atoms with Crippen LogP contribution in [0.5, 0.6) is 0 Å². The molecule has 16 nitrogen and oxygen atoms in total. The Bertz CT molecular complexity index is 3140. The van der Waals surface area contributed by atoms with E-state index < -0.39 is 123 Å². The second kappa shape index (κ2) is 60.6. The van der Waals surface area contributed by atoms with Crippen molar-refractivity contribution >= 4 is 80.8 Å². The lowest BCUT2D eigenvalue weighted by molar-refractivity contribution is -0.312. The number of allylic oxidation sites excluding steroid dienone is 12. The molecule has 0 unspecified atom stereocenters. The molecule has 0 amide bonds. The molecule has 3 aliphatic rings. The van der Waals surface area contributed by atoms with E-state index in [-0.39, 0.29) is 79.0 Å². The van der Waals surface area contributed by atoms with Gasteiger partial charge in [0.1, 0.15) is 12.2 Å². The van der Waals surface area contributed by atoms with Crippen molar-refractivity contribution in [3.63, 3.8) is 0 Å². The van der Waals surface area contributed by atoms with Crippen molar-refractivity contribution in [2.24, 2.45) is 23.5 Å². The van der Waals surface area contributed by atoms with Gasteiger partial charge in [0.2, 0.25) is 0 Å². The Morgan fingerprint density at radius 2 is 0.711 bits per heavy atom. The summed E-state index contributed by atoms with van der Waals surface area (Å²) in [5.41, 5.74) is 7.79. The van der Waals surface area contributed by atoms with Crippen LogP contribution in [-0.2, 0) is 68.3 Å². The van der Waals surface area contributed by atoms with Crippen molar-refractivity contribution in [1.82, 2.24) is 0 Å². The van der Waals surface area contributed by atoms with Gasteiger partial charge in [-0.3, -0.25) is 4.79 Å². The summed E-state index contributed by atoms with van der Waals surface area (Å²) < 4.78 is 109. The minimum Gasteiger partial charge on any atom is -0.462 e. The summed E-state index contributed by atoms with van der Waals surface area (Å²) in [4.78, 5) is 15.4. The third kappa shape index (κ3) is 34.7. The van der Waals surface area contributed by atoms with E-state index in [0.717, 1.165) is 163 Å². The van der Waals surface area contributed by atoms with Crippen molar-refractivity contribution in [2.45, 2.75) is 527 Å². The second-order valence-electron chi connectivity index (χ2n) is 38.7. The van der Waals surface area contributed by atoms with Crippen LogP contribution in [0.1, 0.15) is 266 Å². The molecule has 3 rings (SSSR count). The van der Waals surface area contributed by atoms with Gasteiger partial charge in [-0.25, -0.2) is 0 Å². The lowest BCUT2D eigenvalue weighted by atomic mass is 9.82.